The highest BCUT2D eigenvalue weighted by atomic mass is 19.1. The number of hydrogen-bond acceptors (Lipinski definition) is 4. The predicted molar refractivity (Wildman–Crippen MR) is 117 cm³/mol. The van der Waals surface area contributed by atoms with Gasteiger partial charge >= 0.3 is 0 Å². The van der Waals surface area contributed by atoms with Gasteiger partial charge in [-0.25, -0.2) is 14.4 Å². The minimum absolute atomic E-state index is 0.0808. The number of aromatic nitrogens is 2. The van der Waals surface area contributed by atoms with Crippen molar-refractivity contribution < 1.29 is 9.13 Å². The number of anilines is 1. The molecule has 0 radical (unpaired) electrons. The zero-order chi connectivity index (χ0) is 21.1. The minimum atomic E-state index is -0.497. The first-order valence-electron chi connectivity index (χ1n) is 9.51. The zero-order valence-corrected chi connectivity index (χ0v) is 17.7. The number of rotatable bonds is 11. The molecule has 0 bridgehead atoms. The minimum Gasteiger partial charge on any atom is -0.383 e. The van der Waals surface area contributed by atoms with Crippen LogP contribution in [0.25, 0.3) is 5.57 Å². The number of halogens is 1. The van der Waals surface area contributed by atoms with E-state index in [1.165, 1.54) is 11.6 Å². The summed E-state index contributed by atoms with van der Waals surface area (Å²) in [5.41, 5.74) is 4.53. The van der Waals surface area contributed by atoms with E-state index < -0.39 is 5.83 Å². The summed E-state index contributed by atoms with van der Waals surface area (Å²) < 4.78 is 18.3. The Morgan fingerprint density at radius 1 is 1.36 bits per heavy atom. The maximum absolute atomic E-state index is 13.1. The third-order valence-electron chi connectivity index (χ3n) is 4.16. The van der Waals surface area contributed by atoms with Gasteiger partial charge in [0, 0.05) is 24.9 Å². The molecule has 4 nitrogen and oxygen atoms in total. The van der Waals surface area contributed by atoms with E-state index in [1.54, 1.807) is 19.4 Å². The Hall–Kier alpha value is -2.53. The highest BCUT2D eigenvalue weighted by Crippen LogP contribution is 2.32. The summed E-state index contributed by atoms with van der Waals surface area (Å²) in [4.78, 5) is 9.01. The fourth-order valence-corrected chi connectivity index (χ4v) is 2.91. The van der Waals surface area contributed by atoms with Crippen molar-refractivity contribution in [1.82, 2.24) is 9.97 Å². The van der Waals surface area contributed by atoms with Gasteiger partial charge in [0.15, 0.2) is 0 Å². The standard InChI is InChI=1S/C23H32FN3O/c1-8-10-16(3)22(19(6)20(9-2)12-11-17(4)24)21-13-14-25-23(27-21)26-18(5)15-28-7/h9,11-14,18H,4,6,8,10,15H2,1-3,5,7H3,(H,25,26,27)/b12-11-,20-9+,22-16-. The second-order valence-corrected chi connectivity index (χ2v) is 6.67. The van der Waals surface area contributed by atoms with Crippen molar-refractivity contribution in [1.29, 1.82) is 0 Å². The smallest absolute Gasteiger partial charge is 0.223 e. The Labute approximate surface area is 168 Å². The molecular formula is C23H32FN3O. The Balaban J connectivity index is 3.35. The van der Waals surface area contributed by atoms with Crippen LogP contribution in [0.2, 0.25) is 0 Å². The third-order valence-corrected chi connectivity index (χ3v) is 4.16. The van der Waals surface area contributed by atoms with Crippen LogP contribution in [0.1, 0.15) is 46.2 Å². The molecule has 1 N–H and O–H groups in total. The van der Waals surface area contributed by atoms with E-state index in [-0.39, 0.29) is 6.04 Å². The molecule has 0 fully saturated rings. The van der Waals surface area contributed by atoms with Gasteiger partial charge < -0.3 is 10.1 Å². The van der Waals surface area contributed by atoms with Crippen molar-refractivity contribution in [3.63, 3.8) is 0 Å². The van der Waals surface area contributed by atoms with Gasteiger partial charge in [0.1, 0.15) is 5.83 Å². The van der Waals surface area contributed by atoms with Crippen LogP contribution < -0.4 is 5.32 Å². The number of hydrogen-bond donors (Lipinski definition) is 1. The van der Waals surface area contributed by atoms with Crippen molar-refractivity contribution in [2.24, 2.45) is 0 Å². The summed E-state index contributed by atoms with van der Waals surface area (Å²) >= 11 is 0. The molecular weight excluding hydrogens is 353 g/mol. The Kier molecular flexibility index (Phi) is 10.1. The number of methoxy groups -OCH3 is 1. The molecule has 0 spiro atoms. The summed E-state index contributed by atoms with van der Waals surface area (Å²) in [6.45, 7) is 16.2. The van der Waals surface area contributed by atoms with Gasteiger partial charge in [-0.3, -0.25) is 0 Å². The highest BCUT2D eigenvalue weighted by Gasteiger charge is 2.15. The van der Waals surface area contributed by atoms with Crippen LogP contribution in [0.3, 0.4) is 0 Å². The first kappa shape index (κ1) is 23.5. The lowest BCUT2D eigenvalue weighted by Crippen LogP contribution is -2.22. The molecule has 1 atom stereocenters. The molecule has 1 rings (SSSR count). The summed E-state index contributed by atoms with van der Waals surface area (Å²) in [5, 5.41) is 3.24. The average Bonchev–Trinajstić information content (AvgIpc) is 2.63. The first-order valence-corrected chi connectivity index (χ1v) is 9.51. The van der Waals surface area contributed by atoms with Crippen molar-refractivity contribution in [3.8, 4) is 0 Å². The molecule has 1 unspecified atom stereocenters. The molecule has 1 heterocycles. The first-order chi connectivity index (χ1) is 13.3. The van der Waals surface area contributed by atoms with Crippen LogP contribution in [0.4, 0.5) is 10.3 Å². The molecule has 0 aliphatic carbocycles. The average molecular weight is 386 g/mol. The molecule has 5 heteroatoms. The van der Waals surface area contributed by atoms with Crippen LogP contribution in [-0.4, -0.2) is 29.7 Å². The normalized spacial score (nSPS) is 14.0. The van der Waals surface area contributed by atoms with E-state index >= 15 is 0 Å². The summed E-state index contributed by atoms with van der Waals surface area (Å²) in [6, 6.07) is 1.95. The topological polar surface area (TPSA) is 47.0 Å². The van der Waals surface area contributed by atoms with Gasteiger partial charge in [0.05, 0.1) is 12.3 Å². The molecule has 0 aromatic carbocycles. The number of nitrogens with zero attached hydrogens (tertiary/aromatic N) is 2. The van der Waals surface area contributed by atoms with Gasteiger partial charge in [-0.2, -0.15) is 0 Å². The summed E-state index contributed by atoms with van der Waals surface area (Å²) in [7, 11) is 1.66. The van der Waals surface area contributed by atoms with Crippen LogP contribution in [-0.2, 0) is 4.74 Å². The molecule has 28 heavy (non-hydrogen) atoms. The lowest BCUT2D eigenvalue weighted by molar-refractivity contribution is 0.190. The van der Waals surface area contributed by atoms with Crippen molar-refractivity contribution in [2.75, 3.05) is 19.0 Å². The molecule has 0 aliphatic heterocycles. The lowest BCUT2D eigenvalue weighted by Gasteiger charge is -2.18. The monoisotopic (exact) mass is 385 g/mol. The molecule has 0 saturated carbocycles. The zero-order valence-electron chi connectivity index (χ0n) is 17.7. The predicted octanol–water partition coefficient (Wildman–Crippen LogP) is 6.04. The van der Waals surface area contributed by atoms with E-state index in [0.29, 0.717) is 12.6 Å². The van der Waals surface area contributed by atoms with E-state index in [9.17, 15) is 4.39 Å². The van der Waals surface area contributed by atoms with Crippen LogP contribution in [0.15, 0.2) is 66.2 Å². The Bertz CT molecular complexity index is 778. The van der Waals surface area contributed by atoms with E-state index in [0.717, 1.165) is 35.3 Å². The maximum atomic E-state index is 13.1. The van der Waals surface area contributed by atoms with Gasteiger partial charge in [0.25, 0.3) is 0 Å². The fourth-order valence-electron chi connectivity index (χ4n) is 2.91. The number of allylic oxidation sites excluding steroid dienone is 8. The van der Waals surface area contributed by atoms with E-state index in [1.807, 2.05) is 26.0 Å². The van der Waals surface area contributed by atoms with E-state index in [4.69, 9.17) is 9.72 Å². The van der Waals surface area contributed by atoms with Crippen LogP contribution in [0.5, 0.6) is 0 Å². The lowest BCUT2D eigenvalue weighted by atomic mass is 9.90. The largest absolute Gasteiger partial charge is 0.383 e. The summed E-state index contributed by atoms with van der Waals surface area (Å²) in [6.07, 6.45) is 8.58. The second-order valence-electron chi connectivity index (χ2n) is 6.67. The maximum Gasteiger partial charge on any atom is 0.223 e. The van der Waals surface area contributed by atoms with E-state index in [2.05, 4.69) is 37.3 Å². The quantitative estimate of drug-likeness (QED) is 0.472. The van der Waals surface area contributed by atoms with Gasteiger partial charge in [-0.1, -0.05) is 44.2 Å². The van der Waals surface area contributed by atoms with Crippen molar-refractivity contribution in [2.45, 2.75) is 46.6 Å². The van der Waals surface area contributed by atoms with Gasteiger partial charge in [-0.05, 0) is 50.5 Å². The Morgan fingerprint density at radius 2 is 2.07 bits per heavy atom. The van der Waals surface area contributed by atoms with Crippen molar-refractivity contribution in [3.05, 3.63) is 71.9 Å². The van der Waals surface area contributed by atoms with Gasteiger partial charge in [-0.15, -0.1) is 0 Å². The van der Waals surface area contributed by atoms with Crippen LogP contribution >= 0.6 is 0 Å². The molecule has 152 valence electrons. The number of nitrogens with one attached hydrogen (secondary N) is 1. The molecule has 0 amide bonds. The van der Waals surface area contributed by atoms with Crippen molar-refractivity contribution >= 4 is 11.5 Å². The highest BCUT2D eigenvalue weighted by molar-refractivity contribution is 5.84. The third kappa shape index (κ3) is 7.24. The summed E-state index contributed by atoms with van der Waals surface area (Å²) in [5.74, 6) is 0.0370. The molecule has 1 aromatic rings. The van der Waals surface area contributed by atoms with Crippen LogP contribution in [0, 0.1) is 0 Å². The molecule has 0 aliphatic rings. The fraction of sp³-hybridized carbons (Fsp3) is 0.391. The Morgan fingerprint density at radius 3 is 2.64 bits per heavy atom. The number of ether oxygens (including phenoxy) is 1. The molecule has 1 aromatic heterocycles. The molecule has 0 saturated heterocycles. The SMILES string of the molecule is C=C(F)/C=C\C(=C/C)C(=C)/C(=C(\C)CCC)c1ccnc(NC(C)COC)n1. The van der Waals surface area contributed by atoms with Gasteiger partial charge in [0.2, 0.25) is 5.95 Å². The second kappa shape index (κ2) is 12.0.